The Bertz CT molecular complexity index is 406. The van der Waals surface area contributed by atoms with Gasteiger partial charge >= 0.3 is 0 Å². The van der Waals surface area contributed by atoms with Crippen molar-refractivity contribution in [2.24, 2.45) is 0 Å². The van der Waals surface area contributed by atoms with E-state index in [2.05, 4.69) is 50.8 Å². The number of rotatable bonds is 3. The van der Waals surface area contributed by atoms with E-state index in [9.17, 15) is 0 Å². The maximum Gasteiger partial charge on any atom is -0.0225 e. The van der Waals surface area contributed by atoms with E-state index in [1.54, 1.807) is 0 Å². The Morgan fingerprint density at radius 1 is 1.27 bits per heavy atom. The van der Waals surface area contributed by atoms with Crippen LogP contribution < -0.4 is 0 Å². The van der Waals surface area contributed by atoms with Crippen molar-refractivity contribution in [2.45, 2.75) is 20.8 Å². The normalized spacial score (nSPS) is 12.1. The van der Waals surface area contributed by atoms with Gasteiger partial charge in [-0.3, -0.25) is 0 Å². The molecule has 0 heteroatoms. The number of aryl methyl sites for hydroxylation is 1. The number of benzene rings is 1. The summed E-state index contributed by atoms with van der Waals surface area (Å²) in [6.45, 7) is 10.2. The summed E-state index contributed by atoms with van der Waals surface area (Å²) in [4.78, 5) is 0. The summed E-state index contributed by atoms with van der Waals surface area (Å²) in [6, 6.07) is 8.37. The Hall–Kier alpha value is -1.56. The van der Waals surface area contributed by atoms with E-state index in [1.807, 2.05) is 19.1 Å². The molecule has 0 fully saturated rings. The van der Waals surface area contributed by atoms with Crippen molar-refractivity contribution in [3.05, 3.63) is 65.3 Å². The molecule has 0 N–H and O–H groups in total. The number of allylic oxidation sites excluding steroid dienone is 4. The Balaban J connectivity index is 2.97. The minimum Gasteiger partial charge on any atom is -0.0915 e. The average Bonchev–Trinajstić information content (AvgIpc) is 2.21. The predicted octanol–water partition coefficient (Wildman–Crippen LogP) is 4.53. The molecule has 0 aliphatic heterocycles. The molecule has 0 radical (unpaired) electrons. The molecule has 0 nitrogen and oxygen atoms in total. The van der Waals surface area contributed by atoms with Crippen LogP contribution in [0.3, 0.4) is 0 Å². The van der Waals surface area contributed by atoms with Crippen molar-refractivity contribution >= 4 is 6.08 Å². The average molecular weight is 198 g/mol. The SMILES string of the molecule is C=C(/C=C\C)/C(C)=C\c1ccccc1C. The van der Waals surface area contributed by atoms with Gasteiger partial charge in [-0.15, -0.1) is 0 Å². The molecule has 78 valence electrons. The summed E-state index contributed by atoms with van der Waals surface area (Å²) in [7, 11) is 0. The van der Waals surface area contributed by atoms with Gasteiger partial charge in [0.2, 0.25) is 0 Å². The Morgan fingerprint density at radius 2 is 1.93 bits per heavy atom. The van der Waals surface area contributed by atoms with E-state index >= 15 is 0 Å². The molecule has 0 aromatic heterocycles. The van der Waals surface area contributed by atoms with E-state index in [0.29, 0.717) is 0 Å². The molecule has 0 aliphatic carbocycles. The lowest BCUT2D eigenvalue weighted by molar-refractivity contribution is 1.41. The highest BCUT2D eigenvalue weighted by molar-refractivity contribution is 5.61. The van der Waals surface area contributed by atoms with Gasteiger partial charge in [-0.2, -0.15) is 0 Å². The van der Waals surface area contributed by atoms with Gasteiger partial charge in [-0.1, -0.05) is 49.1 Å². The molecule has 0 amide bonds. The van der Waals surface area contributed by atoms with Crippen LogP contribution in [-0.2, 0) is 0 Å². The fourth-order valence-electron chi connectivity index (χ4n) is 1.41. The first kappa shape index (κ1) is 11.5. The molecule has 0 spiro atoms. The van der Waals surface area contributed by atoms with Gasteiger partial charge in [-0.25, -0.2) is 0 Å². The zero-order valence-corrected chi connectivity index (χ0v) is 9.75. The van der Waals surface area contributed by atoms with Crippen LogP contribution in [-0.4, -0.2) is 0 Å². The fraction of sp³-hybridized carbons (Fsp3) is 0.200. The van der Waals surface area contributed by atoms with Crippen molar-refractivity contribution in [3.63, 3.8) is 0 Å². The molecule has 0 aliphatic rings. The van der Waals surface area contributed by atoms with Gasteiger partial charge < -0.3 is 0 Å². The Kier molecular flexibility index (Phi) is 4.11. The third-order valence-corrected chi connectivity index (χ3v) is 2.43. The first-order valence-corrected chi connectivity index (χ1v) is 5.21. The molecule has 0 unspecified atom stereocenters. The largest absolute Gasteiger partial charge is 0.0915 e. The molecule has 0 heterocycles. The highest BCUT2D eigenvalue weighted by Crippen LogP contribution is 2.16. The van der Waals surface area contributed by atoms with Crippen molar-refractivity contribution in [2.75, 3.05) is 0 Å². The molecular formula is C15H18. The first-order valence-electron chi connectivity index (χ1n) is 5.21. The lowest BCUT2D eigenvalue weighted by Gasteiger charge is -2.03. The summed E-state index contributed by atoms with van der Waals surface area (Å²) in [5.74, 6) is 0. The summed E-state index contributed by atoms with van der Waals surface area (Å²) >= 11 is 0. The topological polar surface area (TPSA) is 0 Å². The van der Waals surface area contributed by atoms with Crippen molar-refractivity contribution in [1.82, 2.24) is 0 Å². The Morgan fingerprint density at radius 3 is 2.53 bits per heavy atom. The van der Waals surface area contributed by atoms with Gasteiger partial charge in [0, 0.05) is 0 Å². The van der Waals surface area contributed by atoms with Crippen LogP contribution in [0.25, 0.3) is 6.08 Å². The van der Waals surface area contributed by atoms with E-state index in [1.165, 1.54) is 16.7 Å². The van der Waals surface area contributed by atoms with Crippen LogP contribution in [0.1, 0.15) is 25.0 Å². The second-order valence-corrected chi connectivity index (χ2v) is 3.71. The van der Waals surface area contributed by atoms with Crippen LogP contribution in [0.15, 0.2) is 54.1 Å². The molecule has 1 aromatic rings. The molecule has 0 saturated heterocycles. The lowest BCUT2D eigenvalue weighted by atomic mass is 10.0. The van der Waals surface area contributed by atoms with E-state index < -0.39 is 0 Å². The quantitative estimate of drug-likeness (QED) is 0.626. The third-order valence-electron chi connectivity index (χ3n) is 2.43. The molecule has 1 rings (SSSR count). The van der Waals surface area contributed by atoms with Gasteiger partial charge in [0.15, 0.2) is 0 Å². The van der Waals surface area contributed by atoms with Crippen LogP contribution in [0, 0.1) is 6.92 Å². The van der Waals surface area contributed by atoms with Crippen molar-refractivity contribution < 1.29 is 0 Å². The third kappa shape index (κ3) is 3.25. The van der Waals surface area contributed by atoms with E-state index in [4.69, 9.17) is 0 Å². The molecule has 0 atom stereocenters. The minimum absolute atomic E-state index is 1.07. The van der Waals surface area contributed by atoms with E-state index in [0.717, 1.165) is 5.57 Å². The second kappa shape index (κ2) is 5.35. The maximum absolute atomic E-state index is 4.02. The van der Waals surface area contributed by atoms with Gasteiger partial charge in [0.25, 0.3) is 0 Å². The summed E-state index contributed by atoms with van der Waals surface area (Å²) < 4.78 is 0. The lowest BCUT2D eigenvalue weighted by Crippen LogP contribution is -1.83. The fourth-order valence-corrected chi connectivity index (χ4v) is 1.41. The Labute approximate surface area is 92.6 Å². The molecule has 15 heavy (non-hydrogen) atoms. The molecule has 1 aromatic carbocycles. The highest BCUT2D eigenvalue weighted by Gasteiger charge is 1.95. The maximum atomic E-state index is 4.02. The second-order valence-electron chi connectivity index (χ2n) is 3.71. The van der Waals surface area contributed by atoms with Gasteiger partial charge in [0.1, 0.15) is 0 Å². The van der Waals surface area contributed by atoms with Crippen molar-refractivity contribution in [1.29, 1.82) is 0 Å². The van der Waals surface area contributed by atoms with Crippen LogP contribution in [0.2, 0.25) is 0 Å². The molecule has 0 saturated carbocycles. The predicted molar refractivity (Wildman–Crippen MR) is 68.8 cm³/mol. The summed E-state index contributed by atoms with van der Waals surface area (Å²) in [6.07, 6.45) is 6.22. The van der Waals surface area contributed by atoms with Crippen LogP contribution in [0.5, 0.6) is 0 Å². The number of hydrogen-bond donors (Lipinski definition) is 0. The summed E-state index contributed by atoms with van der Waals surface area (Å²) in [5.41, 5.74) is 4.84. The van der Waals surface area contributed by atoms with Crippen LogP contribution in [0.4, 0.5) is 0 Å². The smallest absolute Gasteiger partial charge is 0.0225 e. The monoisotopic (exact) mass is 198 g/mol. The first-order chi connectivity index (χ1) is 7.15. The zero-order chi connectivity index (χ0) is 11.3. The molecular weight excluding hydrogens is 180 g/mol. The van der Waals surface area contributed by atoms with Crippen LogP contribution >= 0.6 is 0 Å². The minimum atomic E-state index is 1.07. The van der Waals surface area contributed by atoms with Crippen molar-refractivity contribution in [3.8, 4) is 0 Å². The van der Waals surface area contributed by atoms with E-state index in [-0.39, 0.29) is 0 Å². The highest BCUT2D eigenvalue weighted by atomic mass is 14.0. The molecule has 0 bridgehead atoms. The van der Waals surface area contributed by atoms with Gasteiger partial charge in [0.05, 0.1) is 0 Å². The summed E-state index contributed by atoms with van der Waals surface area (Å²) in [5, 5.41) is 0. The van der Waals surface area contributed by atoms with Gasteiger partial charge in [-0.05, 0) is 43.0 Å². The zero-order valence-electron chi connectivity index (χ0n) is 9.75. The standard InChI is InChI=1S/C15H18/c1-5-8-12(2)14(4)11-15-10-7-6-9-13(15)3/h5-11H,2H2,1,3-4H3/b8-5-,14-11-. The number of hydrogen-bond acceptors (Lipinski definition) is 0.